The zero-order chi connectivity index (χ0) is 16.2. The van der Waals surface area contributed by atoms with Crippen molar-refractivity contribution in [1.29, 1.82) is 0 Å². The van der Waals surface area contributed by atoms with Crippen LogP contribution in [0.5, 0.6) is 0 Å². The van der Waals surface area contributed by atoms with Crippen LogP contribution in [0.2, 0.25) is 0 Å². The van der Waals surface area contributed by atoms with Crippen molar-refractivity contribution >= 4 is 12.6 Å². The van der Waals surface area contributed by atoms with Crippen LogP contribution in [0.1, 0.15) is 33.3 Å². The van der Waals surface area contributed by atoms with Crippen LogP contribution >= 0.6 is 0 Å². The molecule has 1 aromatic rings. The highest BCUT2D eigenvalue weighted by atomic mass is 19.3. The van der Waals surface area contributed by atoms with Gasteiger partial charge in [-0.05, 0) is 38.7 Å². The van der Waals surface area contributed by atoms with Crippen LogP contribution in [0.15, 0.2) is 24.3 Å². The number of nitrogens with zero attached hydrogens (tertiary/aromatic N) is 1. The number of hydrogen-bond donors (Lipinski definition) is 0. The van der Waals surface area contributed by atoms with Gasteiger partial charge < -0.3 is 9.31 Å². The maximum absolute atomic E-state index is 12.8. The molecule has 2 fully saturated rings. The van der Waals surface area contributed by atoms with Crippen molar-refractivity contribution < 1.29 is 18.1 Å². The number of likely N-dealkylation sites (tertiary alicyclic amines) is 1. The smallest absolute Gasteiger partial charge is 0.399 e. The highest BCUT2D eigenvalue weighted by molar-refractivity contribution is 6.62. The average Bonchev–Trinajstić information content (AvgIpc) is 2.57. The van der Waals surface area contributed by atoms with E-state index in [4.69, 9.17) is 9.31 Å². The molecule has 0 unspecified atom stereocenters. The summed E-state index contributed by atoms with van der Waals surface area (Å²) in [6.45, 7) is 8.34. The molecule has 3 rings (SSSR count). The van der Waals surface area contributed by atoms with Crippen LogP contribution in [0.3, 0.4) is 0 Å². The van der Waals surface area contributed by atoms with E-state index in [0.29, 0.717) is 6.54 Å². The molecule has 2 saturated heterocycles. The third-order valence-electron chi connectivity index (χ3n) is 4.82. The van der Waals surface area contributed by atoms with Crippen molar-refractivity contribution in [3.63, 3.8) is 0 Å². The minimum Gasteiger partial charge on any atom is -0.399 e. The highest BCUT2D eigenvalue weighted by Gasteiger charge is 2.51. The number of hydrogen-bond acceptors (Lipinski definition) is 3. The Bertz CT molecular complexity index is 536. The lowest BCUT2D eigenvalue weighted by atomic mass is 9.79. The van der Waals surface area contributed by atoms with Gasteiger partial charge in [0, 0.05) is 6.54 Å². The van der Waals surface area contributed by atoms with Crippen molar-refractivity contribution in [2.75, 3.05) is 13.1 Å². The topological polar surface area (TPSA) is 21.7 Å². The first-order chi connectivity index (χ1) is 10.1. The van der Waals surface area contributed by atoms with E-state index in [-0.39, 0.29) is 31.4 Å². The molecule has 0 spiro atoms. The molecule has 2 heterocycles. The molecule has 1 aromatic carbocycles. The zero-order valence-electron chi connectivity index (χ0n) is 13.5. The summed E-state index contributed by atoms with van der Waals surface area (Å²) in [5.41, 5.74) is 1.26. The molecule has 3 nitrogen and oxygen atoms in total. The summed E-state index contributed by atoms with van der Waals surface area (Å²) in [4.78, 5) is 1.74. The van der Waals surface area contributed by atoms with E-state index in [0.717, 1.165) is 11.0 Å². The second-order valence-electron chi connectivity index (χ2n) is 7.33. The Morgan fingerprint density at radius 2 is 1.50 bits per heavy atom. The number of benzene rings is 1. The fourth-order valence-corrected chi connectivity index (χ4v) is 2.74. The summed E-state index contributed by atoms with van der Waals surface area (Å²) in [6, 6.07) is 7.82. The molecule has 2 aliphatic rings. The Balaban J connectivity index is 1.63. The molecule has 0 amide bonds. The Hall–Kier alpha value is -0.975. The number of alkyl halides is 2. The number of rotatable bonds is 3. The molecule has 0 atom stereocenters. The average molecular weight is 309 g/mol. The largest absolute Gasteiger partial charge is 0.494 e. The van der Waals surface area contributed by atoms with Crippen molar-refractivity contribution in [3.8, 4) is 0 Å². The van der Waals surface area contributed by atoms with E-state index < -0.39 is 5.92 Å². The predicted molar refractivity (Wildman–Crippen MR) is 82.4 cm³/mol. The lowest BCUT2D eigenvalue weighted by Gasteiger charge is -2.38. The monoisotopic (exact) mass is 309 g/mol. The second kappa shape index (κ2) is 5.01. The van der Waals surface area contributed by atoms with Crippen LogP contribution in [-0.4, -0.2) is 42.2 Å². The predicted octanol–water partition coefficient (Wildman–Crippen LogP) is 2.44. The molecule has 6 heteroatoms. The van der Waals surface area contributed by atoms with Crippen LogP contribution in [-0.2, 0) is 15.9 Å². The highest BCUT2D eigenvalue weighted by Crippen LogP contribution is 2.36. The molecule has 2 aliphatic heterocycles. The van der Waals surface area contributed by atoms with Gasteiger partial charge in [0.2, 0.25) is 0 Å². The van der Waals surface area contributed by atoms with Crippen LogP contribution < -0.4 is 5.46 Å². The zero-order valence-corrected chi connectivity index (χ0v) is 13.5. The molecule has 0 aromatic heterocycles. The first kappa shape index (κ1) is 15.9. The Kier molecular flexibility index (Phi) is 3.62. The maximum atomic E-state index is 12.8. The van der Waals surface area contributed by atoms with Crippen molar-refractivity contribution in [2.24, 2.45) is 0 Å². The third-order valence-corrected chi connectivity index (χ3v) is 4.82. The molecule has 0 radical (unpaired) electrons. The third kappa shape index (κ3) is 2.92. The molecule has 120 valence electrons. The van der Waals surface area contributed by atoms with Gasteiger partial charge >= 0.3 is 7.12 Å². The number of halogens is 2. The summed E-state index contributed by atoms with van der Waals surface area (Å²) in [7, 11) is -0.382. The summed E-state index contributed by atoms with van der Waals surface area (Å²) < 4.78 is 37.7. The summed E-state index contributed by atoms with van der Waals surface area (Å²) in [5, 5.41) is 0. The van der Waals surface area contributed by atoms with Crippen LogP contribution in [0, 0.1) is 0 Å². The van der Waals surface area contributed by atoms with Crippen LogP contribution in [0.25, 0.3) is 0 Å². The fraction of sp³-hybridized carbons (Fsp3) is 0.625. The summed E-state index contributed by atoms with van der Waals surface area (Å²) in [6.07, 6.45) is 0. The van der Waals surface area contributed by atoms with Gasteiger partial charge in [0.1, 0.15) is 0 Å². The van der Waals surface area contributed by atoms with Gasteiger partial charge in [-0.1, -0.05) is 24.3 Å². The summed E-state index contributed by atoms with van der Waals surface area (Å²) >= 11 is 0. The fourth-order valence-electron chi connectivity index (χ4n) is 2.74. The van der Waals surface area contributed by atoms with Gasteiger partial charge in [0.15, 0.2) is 0 Å². The SMILES string of the molecule is CC1(C)OB(c2ccc(CN3CC(F)(F)C3)cc2)OC1(C)C. The minimum absolute atomic E-state index is 0.147. The van der Waals surface area contributed by atoms with Gasteiger partial charge in [-0.2, -0.15) is 0 Å². The molecule has 0 saturated carbocycles. The molecule has 0 N–H and O–H groups in total. The van der Waals surface area contributed by atoms with Crippen molar-refractivity contribution in [3.05, 3.63) is 29.8 Å². The van der Waals surface area contributed by atoms with E-state index in [1.165, 1.54) is 0 Å². The van der Waals surface area contributed by atoms with E-state index in [1.807, 2.05) is 52.0 Å². The standard InChI is InChI=1S/C16H22BF2NO2/c1-14(2)15(3,4)22-17(21-14)13-7-5-12(6-8-13)9-20-10-16(18,19)11-20/h5-8H,9-11H2,1-4H3. The van der Waals surface area contributed by atoms with Gasteiger partial charge in [0.05, 0.1) is 24.3 Å². The maximum Gasteiger partial charge on any atom is 0.494 e. The lowest BCUT2D eigenvalue weighted by Crippen LogP contribution is -2.55. The van der Waals surface area contributed by atoms with Crippen LogP contribution in [0.4, 0.5) is 8.78 Å². The molecular formula is C16H22BF2NO2. The van der Waals surface area contributed by atoms with Gasteiger partial charge in [-0.15, -0.1) is 0 Å². The molecule has 22 heavy (non-hydrogen) atoms. The molecule has 0 bridgehead atoms. The second-order valence-corrected chi connectivity index (χ2v) is 7.33. The normalized spacial score (nSPS) is 26.0. The first-order valence-electron chi connectivity index (χ1n) is 7.63. The summed E-state index contributed by atoms with van der Waals surface area (Å²) in [5.74, 6) is -2.51. The molecule has 0 aliphatic carbocycles. The lowest BCUT2D eigenvalue weighted by molar-refractivity contribution is -0.133. The van der Waals surface area contributed by atoms with E-state index >= 15 is 0 Å². The Morgan fingerprint density at radius 3 is 1.95 bits per heavy atom. The van der Waals surface area contributed by atoms with Gasteiger partial charge in [-0.3, -0.25) is 4.90 Å². The Morgan fingerprint density at radius 1 is 1.00 bits per heavy atom. The van der Waals surface area contributed by atoms with E-state index in [2.05, 4.69) is 0 Å². The minimum atomic E-state index is -2.51. The van der Waals surface area contributed by atoms with Gasteiger partial charge in [0.25, 0.3) is 5.92 Å². The van der Waals surface area contributed by atoms with Crippen molar-refractivity contribution in [1.82, 2.24) is 4.90 Å². The quantitative estimate of drug-likeness (QED) is 0.801. The first-order valence-corrected chi connectivity index (χ1v) is 7.63. The Labute approximate surface area is 130 Å². The van der Waals surface area contributed by atoms with E-state index in [1.54, 1.807) is 4.90 Å². The van der Waals surface area contributed by atoms with Crippen molar-refractivity contribution in [2.45, 2.75) is 51.4 Å². The van der Waals surface area contributed by atoms with Gasteiger partial charge in [-0.25, -0.2) is 8.78 Å². The molecular weight excluding hydrogens is 287 g/mol. The van der Waals surface area contributed by atoms with E-state index in [9.17, 15) is 8.78 Å².